The number of nitriles is 1. The van der Waals surface area contributed by atoms with Crippen molar-refractivity contribution < 1.29 is 4.79 Å². The number of thioether (sulfide) groups is 1. The predicted molar refractivity (Wildman–Crippen MR) is 161 cm³/mol. The Morgan fingerprint density at radius 2 is 1.63 bits per heavy atom. The number of hydrogen-bond acceptors (Lipinski definition) is 7. The first-order valence-electron chi connectivity index (χ1n) is 13.4. The van der Waals surface area contributed by atoms with Gasteiger partial charge in [0, 0.05) is 50.5 Å². The maximum atomic E-state index is 13.5. The van der Waals surface area contributed by atoms with E-state index in [1.807, 2.05) is 31.2 Å². The number of thiocarbonyl (C=S) groups is 1. The van der Waals surface area contributed by atoms with Crippen molar-refractivity contribution in [1.82, 2.24) is 9.47 Å². The Kier molecular flexibility index (Phi) is 9.29. The number of carbonyl (C=O) groups excluding carboxylic acids is 1. The average Bonchev–Trinajstić information content (AvgIpc) is 3.20. The van der Waals surface area contributed by atoms with Crippen LogP contribution in [-0.4, -0.2) is 52.4 Å². The molecule has 2 fully saturated rings. The Morgan fingerprint density at radius 1 is 1.00 bits per heavy atom. The summed E-state index contributed by atoms with van der Waals surface area (Å²) in [5.74, 6) is 0.698. The standard InChI is InChI=1S/C29H35N5O2S2/c1-4-6-13-33-26(32-17-15-31(16-18-32)22-11-9-8-10-12-22)23(21(3)24(20-30)27(33)35)19-25-28(36)34(14-7-5-2)29(37)38-25/h8-12,19H,4-7,13-18H2,1-3H3/b25-19+. The minimum atomic E-state index is -0.258. The van der Waals surface area contributed by atoms with Gasteiger partial charge in [0.2, 0.25) is 0 Å². The number of aromatic nitrogens is 1. The SMILES string of the molecule is CCCCN1C(=O)/C(=C\c2c(C)c(C#N)c(=O)n(CCCC)c2N2CCN(c3ccccc3)CC2)SC1=S. The summed E-state index contributed by atoms with van der Waals surface area (Å²) in [6.45, 7) is 10.2. The molecule has 0 N–H and O–H groups in total. The van der Waals surface area contributed by atoms with Crippen LogP contribution in [-0.2, 0) is 11.3 Å². The van der Waals surface area contributed by atoms with Gasteiger partial charge in [-0.2, -0.15) is 5.26 Å². The quantitative estimate of drug-likeness (QED) is 0.316. The maximum absolute atomic E-state index is 13.5. The van der Waals surface area contributed by atoms with Crippen LogP contribution < -0.4 is 15.4 Å². The molecule has 0 bridgehead atoms. The third-order valence-electron chi connectivity index (χ3n) is 7.17. The predicted octanol–water partition coefficient (Wildman–Crippen LogP) is 5.16. The van der Waals surface area contributed by atoms with Crippen LogP contribution in [0.3, 0.4) is 0 Å². The molecule has 0 atom stereocenters. The lowest BCUT2D eigenvalue weighted by Gasteiger charge is -2.39. The van der Waals surface area contributed by atoms with Gasteiger partial charge < -0.3 is 9.80 Å². The number of benzene rings is 1. The van der Waals surface area contributed by atoms with Crippen molar-refractivity contribution in [2.45, 2.75) is 53.0 Å². The number of pyridine rings is 1. The molecule has 0 saturated carbocycles. The summed E-state index contributed by atoms with van der Waals surface area (Å²) in [7, 11) is 0. The molecule has 0 aliphatic carbocycles. The fraction of sp³-hybridized carbons (Fsp3) is 0.448. The number of anilines is 2. The van der Waals surface area contributed by atoms with Crippen LogP contribution in [0.1, 0.15) is 56.2 Å². The van der Waals surface area contributed by atoms with Gasteiger partial charge in [-0.1, -0.05) is 68.9 Å². The van der Waals surface area contributed by atoms with Crippen molar-refractivity contribution in [1.29, 1.82) is 5.26 Å². The molecule has 9 heteroatoms. The molecular weight excluding hydrogens is 514 g/mol. The van der Waals surface area contributed by atoms with E-state index in [2.05, 4.69) is 41.8 Å². The molecule has 0 spiro atoms. The van der Waals surface area contributed by atoms with E-state index in [0.29, 0.717) is 27.9 Å². The van der Waals surface area contributed by atoms with Gasteiger partial charge in [-0.05, 0) is 43.5 Å². The van der Waals surface area contributed by atoms with E-state index >= 15 is 0 Å². The van der Waals surface area contributed by atoms with Gasteiger partial charge in [0.05, 0.1) is 4.91 Å². The zero-order chi connectivity index (χ0) is 27.2. The van der Waals surface area contributed by atoms with Gasteiger partial charge in [-0.25, -0.2) is 0 Å². The number of piperazine rings is 1. The molecular formula is C29H35N5O2S2. The van der Waals surface area contributed by atoms with E-state index in [-0.39, 0.29) is 17.0 Å². The highest BCUT2D eigenvalue weighted by atomic mass is 32.2. The number of hydrogen-bond donors (Lipinski definition) is 0. The lowest BCUT2D eigenvalue weighted by Crippen LogP contribution is -2.48. The molecule has 2 aliphatic heterocycles. The Morgan fingerprint density at radius 3 is 2.26 bits per heavy atom. The van der Waals surface area contributed by atoms with Crippen LogP contribution in [0.25, 0.3) is 6.08 Å². The monoisotopic (exact) mass is 549 g/mol. The molecule has 200 valence electrons. The lowest BCUT2D eigenvalue weighted by atomic mass is 10.0. The highest BCUT2D eigenvalue weighted by Gasteiger charge is 2.33. The zero-order valence-corrected chi connectivity index (χ0v) is 24.0. The second-order valence-electron chi connectivity index (χ2n) is 9.66. The molecule has 1 amide bonds. The number of para-hydroxylation sites is 1. The molecule has 38 heavy (non-hydrogen) atoms. The van der Waals surface area contributed by atoms with Gasteiger partial charge in [0.25, 0.3) is 11.5 Å². The van der Waals surface area contributed by atoms with E-state index in [1.165, 1.54) is 17.4 Å². The van der Waals surface area contributed by atoms with E-state index in [4.69, 9.17) is 12.2 Å². The lowest BCUT2D eigenvalue weighted by molar-refractivity contribution is -0.122. The molecule has 2 aromatic rings. The second-order valence-corrected chi connectivity index (χ2v) is 11.3. The molecule has 1 aromatic carbocycles. The molecule has 0 radical (unpaired) electrons. The van der Waals surface area contributed by atoms with Crippen LogP contribution in [0.4, 0.5) is 11.5 Å². The first kappa shape index (κ1) is 27.9. The Hall–Kier alpha value is -3.09. The number of nitrogens with zero attached hydrogens (tertiary/aromatic N) is 5. The van der Waals surface area contributed by atoms with Crippen LogP contribution in [0, 0.1) is 18.3 Å². The van der Waals surface area contributed by atoms with Crippen molar-refractivity contribution >= 4 is 51.8 Å². The molecule has 4 rings (SSSR count). The van der Waals surface area contributed by atoms with Crippen LogP contribution in [0.2, 0.25) is 0 Å². The third kappa shape index (κ3) is 5.67. The van der Waals surface area contributed by atoms with Crippen LogP contribution >= 0.6 is 24.0 Å². The van der Waals surface area contributed by atoms with Crippen LogP contribution in [0.15, 0.2) is 40.0 Å². The Balaban J connectivity index is 1.78. The van der Waals surface area contributed by atoms with Gasteiger partial charge in [-0.3, -0.25) is 19.1 Å². The number of amides is 1. The van der Waals surface area contributed by atoms with Crippen LogP contribution in [0.5, 0.6) is 0 Å². The molecule has 2 saturated heterocycles. The summed E-state index contributed by atoms with van der Waals surface area (Å²) in [4.78, 5) is 33.6. The summed E-state index contributed by atoms with van der Waals surface area (Å²) in [5, 5.41) is 9.92. The molecule has 7 nitrogen and oxygen atoms in total. The number of unbranched alkanes of at least 4 members (excludes halogenated alkanes) is 2. The fourth-order valence-electron chi connectivity index (χ4n) is 4.96. The van der Waals surface area contributed by atoms with Crippen molar-refractivity contribution in [2.75, 3.05) is 42.5 Å². The first-order chi connectivity index (χ1) is 18.4. The summed E-state index contributed by atoms with van der Waals surface area (Å²) in [5.41, 5.74) is 2.44. The summed E-state index contributed by atoms with van der Waals surface area (Å²) in [6.07, 6.45) is 5.47. The summed E-state index contributed by atoms with van der Waals surface area (Å²) in [6, 6.07) is 12.5. The summed E-state index contributed by atoms with van der Waals surface area (Å²) < 4.78 is 2.32. The largest absolute Gasteiger partial charge is 0.368 e. The van der Waals surface area contributed by atoms with Crippen molar-refractivity contribution in [3.63, 3.8) is 0 Å². The van der Waals surface area contributed by atoms with E-state index in [9.17, 15) is 14.9 Å². The van der Waals surface area contributed by atoms with Gasteiger partial charge in [-0.15, -0.1) is 0 Å². The maximum Gasteiger partial charge on any atom is 0.270 e. The van der Waals surface area contributed by atoms with Crippen molar-refractivity contribution in [2.24, 2.45) is 0 Å². The highest BCUT2D eigenvalue weighted by molar-refractivity contribution is 8.26. The van der Waals surface area contributed by atoms with Gasteiger partial charge >= 0.3 is 0 Å². The summed E-state index contributed by atoms with van der Waals surface area (Å²) >= 11 is 6.83. The topological polar surface area (TPSA) is 72.6 Å². The molecule has 0 unspecified atom stereocenters. The third-order valence-corrected chi connectivity index (χ3v) is 8.54. The molecule has 1 aromatic heterocycles. The van der Waals surface area contributed by atoms with E-state index in [0.717, 1.165) is 63.2 Å². The van der Waals surface area contributed by atoms with Gasteiger partial charge in [0.1, 0.15) is 21.8 Å². The smallest absolute Gasteiger partial charge is 0.270 e. The van der Waals surface area contributed by atoms with E-state index in [1.54, 1.807) is 9.47 Å². The average molecular weight is 550 g/mol. The number of carbonyl (C=O) groups is 1. The van der Waals surface area contributed by atoms with E-state index < -0.39 is 0 Å². The van der Waals surface area contributed by atoms with Crippen molar-refractivity contribution in [3.8, 4) is 6.07 Å². The Bertz CT molecular complexity index is 1320. The minimum absolute atomic E-state index is 0.0995. The zero-order valence-electron chi connectivity index (χ0n) is 22.4. The first-order valence-corrected chi connectivity index (χ1v) is 14.6. The van der Waals surface area contributed by atoms with Gasteiger partial charge in [0.15, 0.2) is 0 Å². The minimum Gasteiger partial charge on any atom is -0.368 e. The highest BCUT2D eigenvalue weighted by Crippen LogP contribution is 2.36. The second kappa shape index (κ2) is 12.6. The molecule has 3 heterocycles. The number of rotatable bonds is 9. The normalized spacial score (nSPS) is 17.0. The fourth-order valence-corrected chi connectivity index (χ4v) is 6.25. The van der Waals surface area contributed by atoms with Crippen molar-refractivity contribution in [3.05, 3.63) is 62.3 Å². The molecule has 2 aliphatic rings. The Labute approximate surface area is 234 Å².